The van der Waals surface area contributed by atoms with Gasteiger partial charge in [-0.2, -0.15) is 5.10 Å². The van der Waals surface area contributed by atoms with Gasteiger partial charge in [0.1, 0.15) is 5.82 Å². The van der Waals surface area contributed by atoms with Gasteiger partial charge in [-0.15, -0.1) is 0 Å². The van der Waals surface area contributed by atoms with Crippen LogP contribution < -0.4 is 4.90 Å². The molecule has 22 heavy (non-hydrogen) atoms. The minimum Gasteiger partial charge on any atom is -0.364 e. The molecule has 4 rings (SSSR count). The quantitative estimate of drug-likeness (QED) is 0.906. The lowest BCUT2D eigenvalue weighted by Gasteiger charge is -2.36. The van der Waals surface area contributed by atoms with Gasteiger partial charge in [0.15, 0.2) is 0 Å². The van der Waals surface area contributed by atoms with Gasteiger partial charge in [-0.25, -0.2) is 4.39 Å². The predicted octanol–water partition coefficient (Wildman–Crippen LogP) is 4.08. The van der Waals surface area contributed by atoms with Crippen molar-refractivity contribution in [2.45, 2.75) is 58.0 Å². The number of halogens is 1. The zero-order valence-corrected chi connectivity index (χ0v) is 13.2. The molecule has 2 aromatic rings. The number of nitrogens with one attached hydrogen (secondary N) is 1. The van der Waals surface area contributed by atoms with Crippen LogP contribution in [0.15, 0.2) is 18.2 Å². The third-order valence-electron chi connectivity index (χ3n) is 5.32. The zero-order chi connectivity index (χ0) is 15.3. The summed E-state index contributed by atoms with van der Waals surface area (Å²) in [6.45, 7) is 4.84. The van der Waals surface area contributed by atoms with E-state index in [-0.39, 0.29) is 5.82 Å². The number of hydrogen-bond donors (Lipinski definition) is 1. The lowest BCUT2D eigenvalue weighted by Crippen LogP contribution is -2.38. The first kappa shape index (κ1) is 13.8. The number of fused-ring (bicyclic) bond motifs is 1. The molecule has 1 atom stereocenters. The van der Waals surface area contributed by atoms with Crippen LogP contribution in [-0.2, 0) is 13.0 Å². The SMILES string of the molecule is Cc1ccc(N2Cc3c(C4CCC4)n[nH]c3CC2C)cc1F. The molecule has 0 amide bonds. The highest BCUT2D eigenvalue weighted by atomic mass is 19.1. The topological polar surface area (TPSA) is 31.9 Å². The fraction of sp³-hybridized carbons (Fsp3) is 0.500. The summed E-state index contributed by atoms with van der Waals surface area (Å²) in [5, 5.41) is 7.84. The molecule has 1 unspecified atom stereocenters. The van der Waals surface area contributed by atoms with Gasteiger partial charge in [-0.05, 0) is 44.4 Å². The van der Waals surface area contributed by atoms with Crippen LogP contribution in [0.4, 0.5) is 10.1 Å². The first-order valence-electron chi connectivity index (χ1n) is 8.22. The maximum atomic E-state index is 13.9. The number of hydrogen-bond acceptors (Lipinski definition) is 2. The fourth-order valence-electron chi connectivity index (χ4n) is 3.62. The first-order valence-corrected chi connectivity index (χ1v) is 8.22. The van der Waals surface area contributed by atoms with E-state index in [1.54, 1.807) is 6.07 Å². The number of rotatable bonds is 2. The molecule has 1 aromatic heterocycles. The molecule has 2 aliphatic rings. The standard InChI is InChI=1S/C18H22FN3/c1-11-6-7-14(9-16(11)19)22-10-15-17(8-12(22)2)20-21-18(15)13-4-3-5-13/h6-7,9,12-13H,3-5,8,10H2,1-2H3,(H,20,21). The van der Waals surface area contributed by atoms with E-state index in [1.807, 2.05) is 19.1 Å². The smallest absolute Gasteiger partial charge is 0.128 e. The van der Waals surface area contributed by atoms with Crippen molar-refractivity contribution in [3.8, 4) is 0 Å². The number of anilines is 1. The van der Waals surface area contributed by atoms with E-state index in [0.717, 1.165) is 18.7 Å². The average molecular weight is 299 g/mol. The van der Waals surface area contributed by atoms with E-state index in [9.17, 15) is 4.39 Å². The van der Waals surface area contributed by atoms with E-state index in [0.29, 0.717) is 17.5 Å². The molecule has 0 radical (unpaired) electrons. The van der Waals surface area contributed by atoms with Gasteiger partial charge in [-0.3, -0.25) is 5.10 Å². The molecule has 1 N–H and O–H groups in total. The van der Waals surface area contributed by atoms with Gasteiger partial charge in [-0.1, -0.05) is 12.5 Å². The molecule has 4 heteroatoms. The molecule has 0 spiro atoms. The number of benzene rings is 1. The minimum atomic E-state index is -0.123. The Morgan fingerprint density at radius 3 is 2.82 bits per heavy atom. The summed E-state index contributed by atoms with van der Waals surface area (Å²) in [5.74, 6) is 0.506. The average Bonchev–Trinajstić information content (AvgIpc) is 2.82. The summed E-state index contributed by atoms with van der Waals surface area (Å²) in [6.07, 6.45) is 4.78. The Morgan fingerprint density at radius 2 is 2.14 bits per heavy atom. The van der Waals surface area contributed by atoms with Crippen molar-refractivity contribution >= 4 is 5.69 Å². The van der Waals surface area contributed by atoms with Crippen LogP contribution in [0.2, 0.25) is 0 Å². The Kier molecular flexibility index (Phi) is 3.21. The highest BCUT2D eigenvalue weighted by Crippen LogP contribution is 2.40. The van der Waals surface area contributed by atoms with E-state index in [2.05, 4.69) is 22.0 Å². The second-order valence-electron chi connectivity index (χ2n) is 6.81. The molecular formula is C18H22FN3. The van der Waals surface area contributed by atoms with Gasteiger partial charge in [0.05, 0.1) is 5.69 Å². The summed E-state index contributed by atoms with van der Waals surface area (Å²) < 4.78 is 13.9. The van der Waals surface area contributed by atoms with Crippen molar-refractivity contribution in [2.75, 3.05) is 4.90 Å². The van der Waals surface area contributed by atoms with Crippen molar-refractivity contribution < 1.29 is 4.39 Å². The predicted molar refractivity (Wildman–Crippen MR) is 85.7 cm³/mol. The summed E-state index contributed by atoms with van der Waals surface area (Å²) >= 11 is 0. The fourth-order valence-corrected chi connectivity index (χ4v) is 3.62. The van der Waals surface area contributed by atoms with Gasteiger partial charge in [0.25, 0.3) is 0 Å². The van der Waals surface area contributed by atoms with Crippen molar-refractivity contribution in [3.63, 3.8) is 0 Å². The van der Waals surface area contributed by atoms with Crippen molar-refractivity contribution in [2.24, 2.45) is 0 Å². The molecule has 1 fully saturated rings. The number of aromatic nitrogens is 2. The Balaban J connectivity index is 1.67. The molecule has 3 nitrogen and oxygen atoms in total. The summed E-state index contributed by atoms with van der Waals surface area (Å²) in [4.78, 5) is 2.31. The van der Waals surface area contributed by atoms with E-state index < -0.39 is 0 Å². The summed E-state index contributed by atoms with van der Waals surface area (Å²) in [5.41, 5.74) is 5.56. The molecule has 0 saturated heterocycles. The maximum Gasteiger partial charge on any atom is 0.128 e. The van der Waals surface area contributed by atoms with Crippen LogP contribution in [0.5, 0.6) is 0 Å². The van der Waals surface area contributed by atoms with Crippen LogP contribution in [0.3, 0.4) is 0 Å². The highest BCUT2D eigenvalue weighted by molar-refractivity contribution is 5.52. The number of aromatic amines is 1. The van der Waals surface area contributed by atoms with Crippen LogP contribution >= 0.6 is 0 Å². The van der Waals surface area contributed by atoms with Gasteiger partial charge < -0.3 is 4.90 Å². The minimum absolute atomic E-state index is 0.123. The molecule has 116 valence electrons. The number of nitrogens with zero attached hydrogens (tertiary/aromatic N) is 2. The normalized spacial score (nSPS) is 21.6. The summed E-state index contributed by atoms with van der Waals surface area (Å²) in [6, 6.07) is 5.92. The lowest BCUT2D eigenvalue weighted by molar-refractivity contribution is 0.407. The van der Waals surface area contributed by atoms with Crippen LogP contribution in [0.25, 0.3) is 0 Å². The van der Waals surface area contributed by atoms with Crippen LogP contribution in [0.1, 0.15) is 54.6 Å². The lowest BCUT2D eigenvalue weighted by atomic mass is 9.80. The summed E-state index contributed by atoms with van der Waals surface area (Å²) in [7, 11) is 0. The molecule has 1 saturated carbocycles. The van der Waals surface area contributed by atoms with Crippen molar-refractivity contribution in [3.05, 3.63) is 46.5 Å². The maximum absolute atomic E-state index is 13.9. The van der Waals surface area contributed by atoms with Gasteiger partial charge in [0, 0.05) is 41.9 Å². The number of H-pyrrole nitrogens is 1. The second-order valence-corrected chi connectivity index (χ2v) is 6.81. The van der Waals surface area contributed by atoms with E-state index in [1.165, 1.54) is 36.2 Å². The van der Waals surface area contributed by atoms with Crippen LogP contribution in [0, 0.1) is 12.7 Å². The Hall–Kier alpha value is -1.84. The third kappa shape index (κ3) is 2.13. The molecule has 1 aliphatic carbocycles. The first-order chi connectivity index (χ1) is 10.6. The van der Waals surface area contributed by atoms with Crippen molar-refractivity contribution in [1.29, 1.82) is 0 Å². The Morgan fingerprint density at radius 1 is 1.32 bits per heavy atom. The molecule has 0 bridgehead atoms. The second kappa shape index (κ2) is 5.11. The third-order valence-corrected chi connectivity index (χ3v) is 5.32. The van der Waals surface area contributed by atoms with Crippen LogP contribution in [-0.4, -0.2) is 16.2 Å². The van der Waals surface area contributed by atoms with Crippen molar-refractivity contribution in [1.82, 2.24) is 10.2 Å². The van der Waals surface area contributed by atoms with Gasteiger partial charge in [0.2, 0.25) is 0 Å². The monoisotopic (exact) mass is 299 g/mol. The largest absolute Gasteiger partial charge is 0.364 e. The zero-order valence-electron chi connectivity index (χ0n) is 13.2. The number of aryl methyl sites for hydroxylation is 1. The van der Waals surface area contributed by atoms with Gasteiger partial charge >= 0.3 is 0 Å². The highest BCUT2D eigenvalue weighted by Gasteiger charge is 2.32. The van der Waals surface area contributed by atoms with E-state index >= 15 is 0 Å². The molecular weight excluding hydrogens is 277 g/mol. The Labute approximate surface area is 130 Å². The van der Waals surface area contributed by atoms with E-state index in [4.69, 9.17) is 0 Å². The molecule has 1 aliphatic heterocycles. The molecule has 2 heterocycles. The molecule has 1 aromatic carbocycles. The Bertz CT molecular complexity index is 702.